The quantitative estimate of drug-likeness (QED) is 0.508. The number of carbonyl (C=O) groups is 2. The summed E-state index contributed by atoms with van der Waals surface area (Å²) in [6, 6.07) is 8.03. The van der Waals surface area contributed by atoms with Crippen LogP contribution in [0.4, 0.5) is 0 Å². The standard InChI is InChI=1S/C24H35BO7/c1-14-15(2)22(29-17(4)27)20(13-28-16(3)26)30-21(14)18-9-11-19(12-10-18)25-31-23(5,6)24(7,8)32-25/h9-12,14-15,20-22H,13H2,1-8H3/t14-,15+,20+,21-,22-/m0/s1. The topological polar surface area (TPSA) is 80.3 Å². The van der Waals surface area contributed by atoms with Gasteiger partial charge in [0.1, 0.15) is 18.8 Å². The Morgan fingerprint density at radius 2 is 1.50 bits per heavy atom. The first kappa shape index (κ1) is 24.7. The first-order valence-corrected chi connectivity index (χ1v) is 11.2. The van der Waals surface area contributed by atoms with Gasteiger partial charge in [-0.15, -0.1) is 0 Å². The van der Waals surface area contributed by atoms with Crippen molar-refractivity contribution < 1.29 is 33.1 Å². The summed E-state index contributed by atoms with van der Waals surface area (Å²) in [5.74, 6) is -0.683. The summed E-state index contributed by atoms with van der Waals surface area (Å²) in [6.45, 7) is 15.0. The fraction of sp³-hybridized carbons (Fsp3) is 0.667. The van der Waals surface area contributed by atoms with E-state index in [-0.39, 0.29) is 30.5 Å². The largest absolute Gasteiger partial charge is 0.494 e. The average molecular weight is 446 g/mol. The van der Waals surface area contributed by atoms with E-state index in [1.807, 2.05) is 58.9 Å². The van der Waals surface area contributed by atoms with Crippen LogP contribution in [0.15, 0.2) is 24.3 Å². The molecular weight excluding hydrogens is 411 g/mol. The molecule has 7 nitrogen and oxygen atoms in total. The minimum absolute atomic E-state index is 0.0148. The Morgan fingerprint density at radius 1 is 0.938 bits per heavy atom. The van der Waals surface area contributed by atoms with Gasteiger partial charge in [-0.25, -0.2) is 0 Å². The third kappa shape index (κ3) is 5.02. The molecule has 2 saturated heterocycles. The highest BCUT2D eigenvalue weighted by Gasteiger charge is 2.52. The van der Waals surface area contributed by atoms with Gasteiger partial charge in [-0.05, 0) is 44.6 Å². The summed E-state index contributed by atoms with van der Waals surface area (Å²) in [5, 5.41) is 0. The van der Waals surface area contributed by atoms with Crippen molar-refractivity contribution in [1.29, 1.82) is 0 Å². The van der Waals surface area contributed by atoms with Crippen LogP contribution in [-0.4, -0.2) is 49.1 Å². The highest BCUT2D eigenvalue weighted by Crippen LogP contribution is 2.41. The van der Waals surface area contributed by atoms with E-state index in [1.165, 1.54) is 13.8 Å². The van der Waals surface area contributed by atoms with Crippen molar-refractivity contribution in [3.05, 3.63) is 29.8 Å². The van der Waals surface area contributed by atoms with Crippen LogP contribution in [0.25, 0.3) is 0 Å². The lowest BCUT2D eigenvalue weighted by Crippen LogP contribution is -2.50. The molecule has 0 unspecified atom stereocenters. The molecule has 176 valence electrons. The maximum absolute atomic E-state index is 11.6. The number of ether oxygens (including phenoxy) is 3. The SMILES string of the molecule is CC(=O)OC[C@H]1O[C@H](c2ccc(B3OC(C)(C)C(C)(C)O3)cc2)[C@@H](C)[C@@H](C)[C@@H]1OC(C)=O. The second kappa shape index (κ2) is 9.16. The van der Waals surface area contributed by atoms with E-state index in [0.29, 0.717) is 0 Å². The van der Waals surface area contributed by atoms with E-state index < -0.39 is 36.5 Å². The molecule has 3 rings (SSSR count). The van der Waals surface area contributed by atoms with Crippen LogP contribution in [0.5, 0.6) is 0 Å². The molecule has 0 amide bonds. The number of hydrogen-bond donors (Lipinski definition) is 0. The van der Waals surface area contributed by atoms with E-state index in [4.69, 9.17) is 23.5 Å². The fourth-order valence-corrected chi connectivity index (χ4v) is 4.22. The highest BCUT2D eigenvalue weighted by molar-refractivity contribution is 6.62. The molecule has 1 aromatic carbocycles. The summed E-state index contributed by atoms with van der Waals surface area (Å²) < 4.78 is 29.4. The lowest BCUT2D eigenvalue weighted by Gasteiger charge is -2.44. The Morgan fingerprint density at radius 3 is 2.00 bits per heavy atom. The maximum atomic E-state index is 11.6. The molecule has 32 heavy (non-hydrogen) atoms. The summed E-state index contributed by atoms with van der Waals surface area (Å²) in [5.41, 5.74) is 1.14. The van der Waals surface area contributed by atoms with Gasteiger partial charge < -0.3 is 23.5 Å². The molecule has 2 fully saturated rings. The lowest BCUT2D eigenvalue weighted by atomic mass is 9.76. The molecule has 5 atom stereocenters. The van der Waals surface area contributed by atoms with Crippen LogP contribution in [0.2, 0.25) is 0 Å². The molecule has 2 aliphatic rings. The van der Waals surface area contributed by atoms with Gasteiger partial charge in [0.15, 0.2) is 0 Å². The Bertz CT molecular complexity index is 819. The second-order valence-electron chi connectivity index (χ2n) is 9.94. The molecule has 0 N–H and O–H groups in total. The van der Waals surface area contributed by atoms with Crippen LogP contribution in [0.3, 0.4) is 0 Å². The molecule has 1 aromatic rings. The molecule has 2 heterocycles. The number of carbonyl (C=O) groups excluding carboxylic acids is 2. The first-order valence-electron chi connectivity index (χ1n) is 11.2. The Hall–Kier alpha value is -1.90. The van der Waals surface area contributed by atoms with E-state index in [2.05, 4.69) is 6.92 Å². The highest BCUT2D eigenvalue weighted by atomic mass is 16.7. The predicted molar refractivity (Wildman–Crippen MR) is 120 cm³/mol. The second-order valence-corrected chi connectivity index (χ2v) is 9.94. The smallest absolute Gasteiger partial charge is 0.463 e. The third-order valence-corrected chi connectivity index (χ3v) is 7.06. The summed E-state index contributed by atoms with van der Waals surface area (Å²) in [4.78, 5) is 23.0. The molecule has 2 aliphatic heterocycles. The molecule has 8 heteroatoms. The molecule has 0 spiro atoms. The van der Waals surface area contributed by atoms with Crippen molar-refractivity contribution in [3.63, 3.8) is 0 Å². The van der Waals surface area contributed by atoms with Crippen LogP contribution >= 0.6 is 0 Å². The molecule has 0 saturated carbocycles. The summed E-state index contributed by atoms with van der Waals surface area (Å²) >= 11 is 0. The van der Waals surface area contributed by atoms with Crippen LogP contribution in [-0.2, 0) is 33.1 Å². The van der Waals surface area contributed by atoms with Crippen molar-refractivity contribution in [2.24, 2.45) is 11.8 Å². The van der Waals surface area contributed by atoms with Crippen molar-refractivity contribution in [2.75, 3.05) is 6.61 Å². The Balaban J connectivity index is 1.79. The molecule has 0 aliphatic carbocycles. The van der Waals surface area contributed by atoms with Gasteiger partial charge in [0.25, 0.3) is 0 Å². The number of hydrogen-bond acceptors (Lipinski definition) is 7. The van der Waals surface area contributed by atoms with Crippen molar-refractivity contribution in [1.82, 2.24) is 0 Å². The normalized spacial score (nSPS) is 31.2. The molecule has 0 bridgehead atoms. The van der Waals surface area contributed by atoms with E-state index in [1.54, 1.807) is 0 Å². The molecular formula is C24H35BO7. The zero-order valence-electron chi connectivity index (χ0n) is 20.3. The van der Waals surface area contributed by atoms with Crippen LogP contribution < -0.4 is 5.46 Å². The van der Waals surface area contributed by atoms with Crippen molar-refractivity contribution in [2.45, 2.75) is 84.9 Å². The lowest BCUT2D eigenvalue weighted by molar-refractivity contribution is -0.207. The van der Waals surface area contributed by atoms with E-state index in [9.17, 15) is 9.59 Å². The fourth-order valence-electron chi connectivity index (χ4n) is 4.22. The van der Waals surface area contributed by atoms with Gasteiger partial charge in [0, 0.05) is 19.8 Å². The van der Waals surface area contributed by atoms with Gasteiger partial charge in [0.2, 0.25) is 0 Å². The number of benzene rings is 1. The number of rotatable bonds is 5. The Kier molecular flexibility index (Phi) is 7.08. The molecule has 0 radical (unpaired) electrons. The maximum Gasteiger partial charge on any atom is 0.494 e. The monoisotopic (exact) mass is 446 g/mol. The van der Waals surface area contributed by atoms with Gasteiger partial charge in [-0.1, -0.05) is 38.1 Å². The van der Waals surface area contributed by atoms with Crippen molar-refractivity contribution >= 4 is 24.5 Å². The zero-order valence-corrected chi connectivity index (χ0v) is 20.3. The van der Waals surface area contributed by atoms with Crippen LogP contribution in [0.1, 0.15) is 67.1 Å². The van der Waals surface area contributed by atoms with Gasteiger partial charge in [-0.3, -0.25) is 9.59 Å². The van der Waals surface area contributed by atoms with Gasteiger partial charge in [-0.2, -0.15) is 0 Å². The molecule has 0 aromatic heterocycles. The van der Waals surface area contributed by atoms with Crippen LogP contribution in [0, 0.1) is 11.8 Å². The minimum Gasteiger partial charge on any atom is -0.463 e. The third-order valence-electron chi connectivity index (χ3n) is 7.06. The number of esters is 2. The van der Waals surface area contributed by atoms with E-state index in [0.717, 1.165) is 11.0 Å². The summed E-state index contributed by atoms with van der Waals surface area (Å²) in [6.07, 6.45) is -1.26. The average Bonchev–Trinajstić information content (AvgIpc) is 2.92. The first-order chi connectivity index (χ1) is 14.8. The Labute approximate surface area is 191 Å². The van der Waals surface area contributed by atoms with Crippen molar-refractivity contribution in [3.8, 4) is 0 Å². The zero-order chi connectivity index (χ0) is 23.8. The van der Waals surface area contributed by atoms with Gasteiger partial charge in [0.05, 0.1) is 17.3 Å². The van der Waals surface area contributed by atoms with E-state index >= 15 is 0 Å². The minimum atomic E-state index is -0.540. The predicted octanol–water partition coefficient (Wildman–Crippen LogP) is 3.19. The van der Waals surface area contributed by atoms with Gasteiger partial charge >= 0.3 is 19.1 Å². The summed E-state index contributed by atoms with van der Waals surface area (Å²) in [7, 11) is -0.428.